The first-order valence-corrected chi connectivity index (χ1v) is 7.51. The van der Waals surface area contributed by atoms with Crippen LogP contribution in [0.4, 0.5) is 0 Å². The SMILES string of the molecule is O=c1[nH]cnc2c(CN[C@H](CO)COP(=O)(O)O)c[nH]c12. The lowest BCUT2D eigenvalue weighted by Gasteiger charge is -2.16. The van der Waals surface area contributed by atoms with Crippen molar-refractivity contribution < 1.29 is 24.0 Å². The molecule has 0 unspecified atom stereocenters. The van der Waals surface area contributed by atoms with Crippen molar-refractivity contribution in [3.05, 3.63) is 28.4 Å². The standard InChI is InChI=1S/C10H15N4O6P/c15-3-7(4-20-21(17,18)19)11-1-6-2-12-9-8(6)13-5-14-10(9)16/h2,5,7,11-12,15H,1,3-4H2,(H,13,14,16)(H2,17,18,19)/t7-/m1/s1. The molecule has 0 aliphatic heterocycles. The van der Waals surface area contributed by atoms with Gasteiger partial charge in [-0.15, -0.1) is 0 Å². The molecular formula is C10H15N4O6P. The maximum absolute atomic E-state index is 11.5. The van der Waals surface area contributed by atoms with Crippen LogP contribution in [-0.2, 0) is 15.6 Å². The third-order valence-electron chi connectivity index (χ3n) is 2.79. The van der Waals surface area contributed by atoms with Gasteiger partial charge >= 0.3 is 7.82 Å². The summed E-state index contributed by atoms with van der Waals surface area (Å²) in [5, 5.41) is 12.0. The Morgan fingerprint density at radius 2 is 2.19 bits per heavy atom. The lowest BCUT2D eigenvalue weighted by molar-refractivity contribution is 0.145. The van der Waals surface area contributed by atoms with Gasteiger partial charge in [0.15, 0.2) is 0 Å². The van der Waals surface area contributed by atoms with Gasteiger partial charge in [-0.2, -0.15) is 0 Å². The van der Waals surface area contributed by atoms with E-state index in [9.17, 15) is 9.36 Å². The van der Waals surface area contributed by atoms with Crippen molar-refractivity contribution in [3.8, 4) is 0 Å². The Morgan fingerprint density at radius 3 is 2.86 bits per heavy atom. The minimum absolute atomic E-state index is 0.242. The molecule has 2 rings (SSSR count). The molecule has 0 aliphatic carbocycles. The zero-order valence-electron chi connectivity index (χ0n) is 10.8. The van der Waals surface area contributed by atoms with Crippen molar-refractivity contribution >= 4 is 18.9 Å². The molecule has 116 valence electrons. The van der Waals surface area contributed by atoms with Crippen LogP contribution in [0.25, 0.3) is 11.0 Å². The van der Waals surface area contributed by atoms with E-state index in [-0.39, 0.29) is 25.3 Å². The van der Waals surface area contributed by atoms with E-state index in [0.717, 1.165) is 0 Å². The highest BCUT2D eigenvalue weighted by Crippen LogP contribution is 2.35. The van der Waals surface area contributed by atoms with Crippen molar-refractivity contribution in [3.63, 3.8) is 0 Å². The molecule has 2 aromatic rings. The van der Waals surface area contributed by atoms with Gasteiger partial charge in [0.05, 0.1) is 31.1 Å². The van der Waals surface area contributed by atoms with Gasteiger partial charge in [0.2, 0.25) is 0 Å². The van der Waals surface area contributed by atoms with Crippen LogP contribution in [0.15, 0.2) is 17.3 Å². The number of aromatic amines is 2. The molecule has 0 aliphatic rings. The fourth-order valence-electron chi connectivity index (χ4n) is 1.76. The minimum atomic E-state index is -4.58. The Balaban J connectivity index is 2.02. The van der Waals surface area contributed by atoms with Crippen molar-refractivity contribution in [1.82, 2.24) is 20.3 Å². The van der Waals surface area contributed by atoms with Crippen molar-refractivity contribution in [2.24, 2.45) is 0 Å². The normalized spacial score (nSPS) is 13.7. The number of rotatable bonds is 7. The molecule has 0 fully saturated rings. The second kappa shape index (κ2) is 6.48. The predicted molar refractivity (Wildman–Crippen MR) is 72.4 cm³/mol. The topological polar surface area (TPSA) is 161 Å². The summed E-state index contributed by atoms with van der Waals surface area (Å²) in [4.78, 5) is 38.0. The summed E-state index contributed by atoms with van der Waals surface area (Å²) in [7, 11) is -4.58. The Morgan fingerprint density at radius 1 is 1.43 bits per heavy atom. The molecule has 0 spiro atoms. The van der Waals surface area contributed by atoms with Crippen LogP contribution in [0.1, 0.15) is 5.56 Å². The number of aliphatic hydroxyl groups is 1. The summed E-state index contributed by atoms with van der Waals surface area (Å²) >= 11 is 0. The van der Waals surface area contributed by atoms with Gasteiger partial charge in [-0.25, -0.2) is 9.55 Å². The number of fused-ring (bicyclic) bond motifs is 1. The molecule has 0 bridgehead atoms. The maximum atomic E-state index is 11.5. The summed E-state index contributed by atoms with van der Waals surface area (Å²) in [6, 6.07) is -0.662. The Labute approximate surface area is 118 Å². The van der Waals surface area contributed by atoms with E-state index in [1.54, 1.807) is 6.20 Å². The second-order valence-corrected chi connectivity index (χ2v) is 5.56. The van der Waals surface area contributed by atoms with Crippen molar-refractivity contribution in [2.75, 3.05) is 13.2 Å². The number of aromatic nitrogens is 3. The lowest BCUT2D eigenvalue weighted by atomic mass is 10.2. The zero-order valence-corrected chi connectivity index (χ0v) is 11.7. The molecule has 0 saturated heterocycles. The smallest absolute Gasteiger partial charge is 0.395 e. The molecule has 2 aromatic heterocycles. The molecule has 2 heterocycles. The monoisotopic (exact) mass is 318 g/mol. The number of hydrogen-bond acceptors (Lipinski definition) is 6. The number of aliphatic hydroxyl groups excluding tert-OH is 1. The summed E-state index contributed by atoms with van der Waals surface area (Å²) in [5.41, 5.74) is 1.21. The van der Waals surface area contributed by atoms with Crippen molar-refractivity contribution in [2.45, 2.75) is 12.6 Å². The lowest BCUT2D eigenvalue weighted by Crippen LogP contribution is -2.36. The fraction of sp³-hybridized carbons (Fsp3) is 0.400. The van der Waals surface area contributed by atoms with E-state index in [1.807, 2.05) is 0 Å². The first-order chi connectivity index (χ1) is 9.90. The van der Waals surface area contributed by atoms with Gasteiger partial charge in [0, 0.05) is 18.3 Å². The zero-order chi connectivity index (χ0) is 15.5. The summed E-state index contributed by atoms with van der Waals surface area (Å²) in [5.74, 6) is 0. The molecule has 0 radical (unpaired) electrons. The Kier molecular flexibility index (Phi) is 4.88. The molecular weight excluding hydrogens is 303 g/mol. The van der Waals surface area contributed by atoms with Crippen LogP contribution in [0, 0.1) is 0 Å². The molecule has 6 N–H and O–H groups in total. The maximum Gasteiger partial charge on any atom is 0.469 e. The van der Waals surface area contributed by atoms with Crippen LogP contribution < -0.4 is 10.9 Å². The van der Waals surface area contributed by atoms with E-state index in [0.29, 0.717) is 16.6 Å². The van der Waals surface area contributed by atoms with Crippen LogP contribution in [0.3, 0.4) is 0 Å². The minimum Gasteiger partial charge on any atom is -0.395 e. The van der Waals surface area contributed by atoms with Gasteiger partial charge in [-0.1, -0.05) is 0 Å². The fourth-order valence-corrected chi connectivity index (χ4v) is 2.13. The largest absolute Gasteiger partial charge is 0.469 e. The quantitative estimate of drug-likeness (QED) is 0.347. The number of nitrogens with zero attached hydrogens (tertiary/aromatic N) is 1. The summed E-state index contributed by atoms with van der Waals surface area (Å²) in [6.07, 6.45) is 2.88. The van der Waals surface area contributed by atoms with E-state index in [1.165, 1.54) is 6.33 Å². The third kappa shape index (κ3) is 4.21. The molecule has 21 heavy (non-hydrogen) atoms. The molecule has 1 atom stereocenters. The first kappa shape index (κ1) is 15.8. The molecule has 0 saturated carbocycles. The van der Waals surface area contributed by atoms with E-state index in [2.05, 4.69) is 24.8 Å². The highest BCUT2D eigenvalue weighted by molar-refractivity contribution is 7.46. The first-order valence-electron chi connectivity index (χ1n) is 5.98. The summed E-state index contributed by atoms with van der Waals surface area (Å²) < 4.78 is 14.9. The Hall–Kier alpha value is -1.55. The van der Waals surface area contributed by atoms with Gasteiger partial charge in [-0.3, -0.25) is 9.32 Å². The van der Waals surface area contributed by atoms with Crippen LogP contribution in [0.2, 0.25) is 0 Å². The van der Waals surface area contributed by atoms with Gasteiger partial charge < -0.3 is 30.2 Å². The molecule has 0 aromatic carbocycles. The van der Waals surface area contributed by atoms with Crippen LogP contribution >= 0.6 is 7.82 Å². The van der Waals surface area contributed by atoms with Gasteiger partial charge in [0.25, 0.3) is 5.56 Å². The molecule has 11 heteroatoms. The number of phosphoric ester groups is 1. The highest BCUT2D eigenvalue weighted by atomic mass is 31.2. The third-order valence-corrected chi connectivity index (χ3v) is 3.28. The van der Waals surface area contributed by atoms with Crippen LogP contribution in [0.5, 0.6) is 0 Å². The van der Waals surface area contributed by atoms with E-state index in [4.69, 9.17) is 14.9 Å². The number of H-pyrrole nitrogens is 2. The van der Waals surface area contributed by atoms with Crippen LogP contribution in [-0.4, -0.2) is 49.1 Å². The Bertz CT molecular complexity index is 707. The van der Waals surface area contributed by atoms with Crippen molar-refractivity contribution in [1.29, 1.82) is 0 Å². The number of hydrogen-bond donors (Lipinski definition) is 6. The second-order valence-electron chi connectivity index (χ2n) is 4.32. The van der Waals surface area contributed by atoms with Gasteiger partial charge in [0.1, 0.15) is 5.52 Å². The molecule has 10 nitrogen and oxygen atoms in total. The van der Waals surface area contributed by atoms with Gasteiger partial charge in [-0.05, 0) is 0 Å². The highest BCUT2D eigenvalue weighted by Gasteiger charge is 2.18. The number of phosphoric acid groups is 1. The summed E-state index contributed by atoms with van der Waals surface area (Å²) in [6.45, 7) is -0.473. The van der Waals surface area contributed by atoms with E-state index < -0.39 is 13.9 Å². The predicted octanol–water partition coefficient (Wildman–Crippen LogP) is -1.19. The molecule has 0 amide bonds. The average Bonchev–Trinajstić information content (AvgIpc) is 2.83. The average molecular weight is 318 g/mol. The van der Waals surface area contributed by atoms with E-state index >= 15 is 0 Å². The number of nitrogens with one attached hydrogen (secondary N) is 3.